The van der Waals surface area contributed by atoms with Crippen LogP contribution in [0.15, 0.2) is 59.2 Å². The third kappa shape index (κ3) is 4.26. The number of nitrogens with two attached hydrogens (primary N) is 1. The van der Waals surface area contributed by atoms with Gasteiger partial charge in [-0.2, -0.15) is 0 Å². The summed E-state index contributed by atoms with van der Waals surface area (Å²) < 4.78 is 14.9. The van der Waals surface area contributed by atoms with Gasteiger partial charge in [-0.15, -0.1) is 0 Å². The molecule has 0 aromatic heterocycles. The van der Waals surface area contributed by atoms with E-state index in [1.54, 1.807) is 6.07 Å². The van der Waals surface area contributed by atoms with Gasteiger partial charge in [0.2, 0.25) is 0 Å². The lowest BCUT2D eigenvalue weighted by Crippen LogP contribution is -2.42. The van der Waals surface area contributed by atoms with E-state index in [0.29, 0.717) is 11.7 Å². The lowest BCUT2D eigenvalue weighted by molar-refractivity contribution is 0.322. The second kappa shape index (κ2) is 8.33. The van der Waals surface area contributed by atoms with Gasteiger partial charge in [0.1, 0.15) is 5.82 Å². The van der Waals surface area contributed by atoms with Crippen LogP contribution in [0.5, 0.6) is 0 Å². The van der Waals surface area contributed by atoms with Crippen molar-refractivity contribution in [3.8, 4) is 0 Å². The van der Waals surface area contributed by atoms with E-state index < -0.39 is 0 Å². The number of hydrogen-bond acceptors (Lipinski definition) is 3. The maximum Gasteiger partial charge on any atom is 0.125 e. The van der Waals surface area contributed by atoms with Crippen molar-refractivity contribution in [2.45, 2.75) is 32.2 Å². The minimum Gasteiger partial charge on any atom is -0.397 e. The predicted octanol–water partition coefficient (Wildman–Crippen LogP) is 5.61. The van der Waals surface area contributed by atoms with Crippen molar-refractivity contribution < 1.29 is 4.39 Å². The maximum absolute atomic E-state index is 13.8. The van der Waals surface area contributed by atoms with Gasteiger partial charge in [-0.25, -0.2) is 4.39 Å². The summed E-state index contributed by atoms with van der Waals surface area (Å²) in [6.45, 7) is 9.25. The first kappa shape index (κ1) is 20.2. The van der Waals surface area contributed by atoms with Gasteiger partial charge < -0.3 is 10.6 Å². The highest BCUT2D eigenvalue weighted by molar-refractivity contribution is 9.10. The summed E-state index contributed by atoms with van der Waals surface area (Å²) in [6, 6.07) is 11.9. The van der Waals surface area contributed by atoms with Crippen LogP contribution in [0.3, 0.4) is 0 Å². The molecule has 0 radical (unpaired) electrons. The van der Waals surface area contributed by atoms with Gasteiger partial charge in [-0.3, -0.25) is 4.90 Å². The standard InChI is InChI=1S/C24H27BrFN3/c1-16-3-4-20-13-22(26)14-23(27)24(20)29(16)17(2)15-28-11-9-19(10-12-28)18-5-7-21(25)8-6-18/h5-9,13-14,16H,2-4,10-12,15,27H2,1H3. The van der Waals surface area contributed by atoms with E-state index in [1.165, 1.54) is 17.2 Å². The molecule has 2 aliphatic rings. The molecule has 0 fully saturated rings. The van der Waals surface area contributed by atoms with Crippen molar-refractivity contribution in [2.24, 2.45) is 0 Å². The monoisotopic (exact) mass is 455 g/mol. The first-order chi connectivity index (χ1) is 13.9. The average Bonchev–Trinajstić information content (AvgIpc) is 2.69. The Kier molecular flexibility index (Phi) is 5.79. The van der Waals surface area contributed by atoms with Crippen LogP contribution in [-0.2, 0) is 6.42 Å². The molecule has 0 saturated heterocycles. The molecule has 152 valence electrons. The molecule has 0 aliphatic carbocycles. The molecule has 0 bridgehead atoms. The number of halogens is 2. The lowest BCUT2D eigenvalue weighted by atomic mass is 9.94. The third-order valence-electron chi connectivity index (χ3n) is 5.95. The average molecular weight is 456 g/mol. The summed E-state index contributed by atoms with van der Waals surface area (Å²) in [6.07, 6.45) is 5.17. The normalized spacial score (nSPS) is 19.6. The zero-order valence-electron chi connectivity index (χ0n) is 16.8. The van der Waals surface area contributed by atoms with Crippen molar-refractivity contribution in [2.75, 3.05) is 30.3 Å². The smallest absolute Gasteiger partial charge is 0.125 e. The predicted molar refractivity (Wildman–Crippen MR) is 123 cm³/mol. The van der Waals surface area contributed by atoms with Gasteiger partial charge in [0.15, 0.2) is 0 Å². The molecule has 29 heavy (non-hydrogen) atoms. The Morgan fingerprint density at radius 1 is 1.24 bits per heavy atom. The Morgan fingerprint density at radius 2 is 2.00 bits per heavy atom. The van der Waals surface area contributed by atoms with E-state index in [4.69, 9.17) is 5.73 Å². The van der Waals surface area contributed by atoms with Gasteiger partial charge in [0, 0.05) is 35.8 Å². The third-order valence-corrected chi connectivity index (χ3v) is 6.48. The Balaban J connectivity index is 1.47. The fourth-order valence-corrected chi connectivity index (χ4v) is 4.73. The number of anilines is 2. The summed E-state index contributed by atoms with van der Waals surface area (Å²) in [5, 5.41) is 0. The molecule has 4 rings (SSSR count). The van der Waals surface area contributed by atoms with E-state index >= 15 is 0 Å². The number of nitrogens with zero attached hydrogens (tertiary/aromatic N) is 2. The molecule has 2 aromatic rings. The van der Waals surface area contributed by atoms with Crippen LogP contribution < -0.4 is 10.6 Å². The molecular formula is C24H27BrFN3. The zero-order valence-corrected chi connectivity index (χ0v) is 18.4. The lowest BCUT2D eigenvalue weighted by Gasteiger charge is -2.40. The molecule has 5 heteroatoms. The molecule has 1 unspecified atom stereocenters. The number of fused-ring (bicyclic) bond motifs is 1. The summed E-state index contributed by atoms with van der Waals surface area (Å²) >= 11 is 3.50. The minimum atomic E-state index is -0.261. The fraction of sp³-hybridized carbons (Fsp3) is 0.333. The first-order valence-electron chi connectivity index (χ1n) is 10.1. The second-order valence-electron chi connectivity index (χ2n) is 8.05. The summed E-state index contributed by atoms with van der Waals surface area (Å²) in [5.74, 6) is -0.261. The van der Waals surface area contributed by atoms with Gasteiger partial charge >= 0.3 is 0 Å². The molecule has 2 aliphatic heterocycles. The maximum atomic E-state index is 13.8. The zero-order chi connectivity index (χ0) is 20.5. The second-order valence-corrected chi connectivity index (χ2v) is 8.96. The molecule has 3 nitrogen and oxygen atoms in total. The highest BCUT2D eigenvalue weighted by Crippen LogP contribution is 2.38. The van der Waals surface area contributed by atoms with Crippen LogP contribution in [0, 0.1) is 5.82 Å². The van der Waals surface area contributed by atoms with Crippen molar-refractivity contribution in [3.05, 3.63) is 76.2 Å². The molecule has 0 spiro atoms. The Bertz CT molecular complexity index is 951. The molecule has 1 atom stereocenters. The molecular weight excluding hydrogens is 429 g/mol. The Labute approximate surface area is 180 Å². The number of rotatable bonds is 4. The van der Waals surface area contributed by atoms with Crippen LogP contribution in [0.25, 0.3) is 5.57 Å². The largest absolute Gasteiger partial charge is 0.397 e. The molecule has 2 N–H and O–H groups in total. The number of nitrogen functional groups attached to an aromatic ring is 1. The number of hydrogen-bond donors (Lipinski definition) is 1. The Hall–Kier alpha value is -2.11. The van der Waals surface area contributed by atoms with E-state index in [1.807, 2.05) is 0 Å². The highest BCUT2D eigenvalue weighted by atomic mass is 79.9. The number of aryl methyl sites for hydroxylation is 1. The van der Waals surface area contributed by atoms with Crippen molar-refractivity contribution in [1.82, 2.24) is 4.90 Å². The molecule has 2 aromatic carbocycles. The quantitative estimate of drug-likeness (QED) is 0.607. The molecule has 2 heterocycles. The van der Waals surface area contributed by atoms with Crippen LogP contribution >= 0.6 is 15.9 Å². The summed E-state index contributed by atoms with van der Waals surface area (Å²) in [7, 11) is 0. The van der Waals surface area contributed by atoms with E-state index in [2.05, 4.69) is 69.6 Å². The Morgan fingerprint density at radius 3 is 2.69 bits per heavy atom. The van der Waals surface area contributed by atoms with Crippen LogP contribution in [-0.4, -0.2) is 30.6 Å². The van der Waals surface area contributed by atoms with Crippen molar-refractivity contribution in [3.63, 3.8) is 0 Å². The van der Waals surface area contributed by atoms with Gasteiger partial charge in [0.05, 0.1) is 11.4 Å². The summed E-state index contributed by atoms with van der Waals surface area (Å²) in [4.78, 5) is 4.63. The molecule has 0 saturated carbocycles. The van der Waals surface area contributed by atoms with Crippen molar-refractivity contribution >= 4 is 32.9 Å². The number of benzene rings is 2. The van der Waals surface area contributed by atoms with Gasteiger partial charge in [0.25, 0.3) is 0 Å². The van der Waals surface area contributed by atoms with Crippen LogP contribution in [0.2, 0.25) is 0 Å². The fourth-order valence-electron chi connectivity index (χ4n) is 4.46. The van der Waals surface area contributed by atoms with Gasteiger partial charge in [-0.1, -0.05) is 40.7 Å². The minimum absolute atomic E-state index is 0.261. The van der Waals surface area contributed by atoms with Crippen molar-refractivity contribution in [1.29, 1.82) is 0 Å². The van der Waals surface area contributed by atoms with Gasteiger partial charge in [-0.05, 0) is 67.2 Å². The SMILES string of the molecule is C=C(CN1CC=C(c2ccc(Br)cc2)CC1)N1c2c(N)cc(F)cc2CCC1C. The highest BCUT2D eigenvalue weighted by Gasteiger charge is 2.28. The van der Waals surface area contributed by atoms with Crippen LogP contribution in [0.4, 0.5) is 15.8 Å². The first-order valence-corrected chi connectivity index (χ1v) is 10.9. The van der Waals surface area contributed by atoms with Crippen LogP contribution in [0.1, 0.15) is 30.9 Å². The van der Waals surface area contributed by atoms with E-state index in [-0.39, 0.29) is 5.82 Å². The van der Waals surface area contributed by atoms with E-state index in [9.17, 15) is 4.39 Å². The molecule has 0 amide bonds. The summed E-state index contributed by atoms with van der Waals surface area (Å²) in [5.41, 5.74) is 12.4. The topological polar surface area (TPSA) is 32.5 Å². The van der Waals surface area contributed by atoms with E-state index in [0.717, 1.165) is 60.3 Å².